The zero-order valence-electron chi connectivity index (χ0n) is 7.72. The van der Waals surface area contributed by atoms with E-state index >= 15 is 0 Å². The molecule has 0 aliphatic carbocycles. The second-order valence-corrected chi connectivity index (χ2v) is 2.81. The lowest BCUT2D eigenvalue weighted by Crippen LogP contribution is -2.41. The monoisotopic (exact) mass is 238 g/mol. The van der Waals surface area contributed by atoms with Crippen LogP contribution < -0.4 is 11.5 Å². The molecule has 3 nitrogen and oxygen atoms in total. The molecule has 1 aromatic rings. The van der Waals surface area contributed by atoms with Crippen LogP contribution in [-0.4, -0.2) is 18.2 Å². The number of nitrogens with two attached hydrogens (primary N) is 2. The van der Waals surface area contributed by atoms with E-state index < -0.39 is 5.60 Å². The minimum atomic E-state index is -1.07. The van der Waals surface area contributed by atoms with Gasteiger partial charge >= 0.3 is 0 Å². The highest BCUT2D eigenvalue weighted by Crippen LogP contribution is 2.17. The zero-order valence-corrected chi connectivity index (χ0v) is 9.35. The number of rotatable bonds is 3. The average molecular weight is 239 g/mol. The summed E-state index contributed by atoms with van der Waals surface area (Å²) in [6.45, 7) is 0.293. The number of aliphatic hydroxyl groups is 1. The molecule has 0 radical (unpaired) electrons. The van der Waals surface area contributed by atoms with Crippen LogP contribution in [0.1, 0.15) is 5.56 Å². The number of benzene rings is 1. The highest BCUT2D eigenvalue weighted by Gasteiger charge is 2.24. The van der Waals surface area contributed by atoms with Crippen LogP contribution >= 0.6 is 24.8 Å². The van der Waals surface area contributed by atoms with Gasteiger partial charge in [0.1, 0.15) is 5.60 Å². The third-order valence-corrected chi connectivity index (χ3v) is 1.99. The molecule has 5 N–H and O–H groups in total. The van der Waals surface area contributed by atoms with Crippen LogP contribution in [0.25, 0.3) is 0 Å². The van der Waals surface area contributed by atoms with Crippen molar-refractivity contribution < 1.29 is 5.11 Å². The lowest BCUT2D eigenvalue weighted by Gasteiger charge is -2.24. The third kappa shape index (κ3) is 3.44. The average Bonchev–Trinajstić information content (AvgIpc) is 2.18. The Labute approximate surface area is 96.3 Å². The fourth-order valence-corrected chi connectivity index (χ4v) is 1.07. The maximum Gasteiger partial charge on any atom is 0.114 e. The molecular weight excluding hydrogens is 223 g/mol. The minimum Gasteiger partial charge on any atom is -0.383 e. The Kier molecular flexibility index (Phi) is 8.10. The quantitative estimate of drug-likeness (QED) is 0.724. The maximum absolute atomic E-state index is 9.85. The van der Waals surface area contributed by atoms with Gasteiger partial charge in [-0.3, -0.25) is 0 Å². The molecule has 0 atom stereocenters. The van der Waals surface area contributed by atoms with Gasteiger partial charge < -0.3 is 16.6 Å². The van der Waals surface area contributed by atoms with Gasteiger partial charge in [-0.2, -0.15) is 0 Å². The van der Waals surface area contributed by atoms with Crippen LogP contribution in [0.15, 0.2) is 30.3 Å². The Morgan fingerprint density at radius 3 is 1.79 bits per heavy atom. The molecule has 1 rings (SSSR count). The maximum atomic E-state index is 9.85. The van der Waals surface area contributed by atoms with Crippen LogP contribution in [0.4, 0.5) is 0 Å². The highest BCUT2D eigenvalue weighted by atomic mass is 35.5. The Balaban J connectivity index is 0. The van der Waals surface area contributed by atoms with E-state index in [9.17, 15) is 5.11 Å². The Morgan fingerprint density at radius 1 is 1.00 bits per heavy atom. The van der Waals surface area contributed by atoms with Crippen molar-refractivity contribution in [2.45, 2.75) is 5.60 Å². The molecule has 0 aromatic heterocycles. The first-order valence-corrected chi connectivity index (χ1v) is 3.91. The molecule has 0 spiro atoms. The SMILES string of the molecule is Cl.Cl.NCC(O)(CN)c1ccccc1. The molecule has 0 aliphatic rings. The van der Waals surface area contributed by atoms with Crippen LogP contribution in [-0.2, 0) is 5.60 Å². The summed E-state index contributed by atoms with van der Waals surface area (Å²) in [6, 6.07) is 9.23. The summed E-state index contributed by atoms with van der Waals surface area (Å²) in [4.78, 5) is 0. The topological polar surface area (TPSA) is 72.3 Å². The number of hydrogen-bond donors (Lipinski definition) is 3. The Hall–Kier alpha value is -0.320. The second-order valence-electron chi connectivity index (χ2n) is 2.81. The van der Waals surface area contributed by atoms with E-state index in [4.69, 9.17) is 11.5 Å². The van der Waals surface area contributed by atoms with Crippen LogP contribution in [0.3, 0.4) is 0 Å². The molecule has 0 saturated carbocycles. The molecule has 14 heavy (non-hydrogen) atoms. The van der Waals surface area contributed by atoms with Crippen LogP contribution in [0, 0.1) is 0 Å². The summed E-state index contributed by atoms with van der Waals surface area (Å²) in [7, 11) is 0. The van der Waals surface area contributed by atoms with Crippen LogP contribution in [0.5, 0.6) is 0 Å². The van der Waals surface area contributed by atoms with Gasteiger partial charge in [-0.1, -0.05) is 30.3 Å². The van der Waals surface area contributed by atoms with E-state index in [1.165, 1.54) is 0 Å². The molecule has 0 amide bonds. The summed E-state index contributed by atoms with van der Waals surface area (Å²) in [5.41, 5.74) is 10.5. The van der Waals surface area contributed by atoms with Gasteiger partial charge in [0.2, 0.25) is 0 Å². The molecule has 0 aliphatic heterocycles. The predicted molar refractivity (Wildman–Crippen MR) is 62.9 cm³/mol. The van der Waals surface area contributed by atoms with Crippen LogP contribution in [0.2, 0.25) is 0 Å². The van der Waals surface area contributed by atoms with Gasteiger partial charge in [0.05, 0.1) is 0 Å². The summed E-state index contributed by atoms with van der Waals surface area (Å²) < 4.78 is 0. The van der Waals surface area contributed by atoms with E-state index in [-0.39, 0.29) is 37.9 Å². The Morgan fingerprint density at radius 2 is 1.43 bits per heavy atom. The molecule has 5 heteroatoms. The normalized spacial score (nSPS) is 9.93. The first-order valence-electron chi connectivity index (χ1n) is 3.91. The fraction of sp³-hybridized carbons (Fsp3) is 0.333. The lowest BCUT2D eigenvalue weighted by atomic mass is 9.94. The first kappa shape index (κ1) is 16.1. The van der Waals surface area contributed by atoms with Crippen molar-refractivity contribution in [1.29, 1.82) is 0 Å². The summed E-state index contributed by atoms with van der Waals surface area (Å²) in [6.07, 6.45) is 0. The van der Waals surface area contributed by atoms with Crippen molar-refractivity contribution in [2.75, 3.05) is 13.1 Å². The molecule has 0 saturated heterocycles. The van der Waals surface area contributed by atoms with Gasteiger partial charge in [0.15, 0.2) is 0 Å². The molecule has 0 fully saturated rings. The molecule has 0 heterocycles. The minimum absolute atomic E-state index is 0. The number of hydrogen-bond acceptors (Lipinski definition) is 3. The van der Waals surface area contributed by atoms with E-state index in [0.717, 1.165) is 5.56 Å². The van der Waals surface area contributed by atoms with Gasteiger partial charge in [0, 0.05) is 13.1 Å². The van der Waals surface area contributed by atoms with E-state index in [0.29, 0.717) is 0 Å². The van der Waals surface area contributed by atoms with E-state index in [2.05, 4.69) is 0 Å². The van der Waals surface area contributed by atoms with Gasteiger partial charge in [-0.15, -0.1) is 24.8 Å². The second kappa shape index (κ2) is 7.04. The van der Waals surface area contributed by atoms with Crippen molar-refractivity contribution in [3.63, 3.8) is 0 Å². The van der Waals surface area contributed by atoms with Gasteiger partial charge in [-0.05, 0) is 5.56 Å². The summed E-state index contributed by atoms with van der Waals surface area (Å²) in [5.74, 6) is 0. The zero-order chi connectivity index (χ0) is 9.03. The Bertz CT molecular complexity index is 240. The highest BCUT2D eigenvalue weighted by molar-refractivity contribution is 5.85. The molecule has 82 valence electrons. The molecular formula is C9H16Cl2N2O. The third-order valence-electron chi connectivity index (χ3n) is 1.99. The first-order chi connectivity index (χ1) is 5.73. The van der Waals surface area contributed by atoms with Crippen molar-refractivity contribution in [2.24, 2.45) is 11.5 Å². The smallest absolute Gasteiger partial charge is 0.114 e. The lowest BCUT2D eigenvalue weighted by molar-refractivity contribution is 0.0554. The molecule has 0 unspecified atom stereocenters. The largest absolute Gasteiger partial charge is 0.383 e. The van der Waals surface area contributed by atoms with Crippen molar-refractivity contribution in [1.82, 2.24) is 0 Å². The molecule has 0 bridgehead atoms. The fourth-order valence-electron chi connectivity index (χ4n) is 1.07. The van der Waals surface area contributed by atoms with E-state index in [1.54, 1.807) is 0 Å². The van der Waals surface area contributed by atoms with E-state index in [1.807, 2.05) is 30.3 Å². The van der Waals surface area contributed by atoms with Gasteiger partial charge in [-0.25, -0.2) is 0 Å². The van der Waals surface area contributed by atoms with Gasteiger partial charge in [0.25, 0.3) is 0 Å². The molecule has 1 aromatic carbocycles. The van der Waals surface area contributed by atoms with Crippen molar-refractivity contribution in [3.05, 3.63) is 35.9 Å². The standard InChI is InChI=1S/C9H14N2O.2ClH/c10-6-9(12,7-11)8-4-2-1-3-5-8;;/h1-5,12H,6-7,10-11H2;2*1H. The summed E-state index contributed by atoms with van der Waals surface area (Å²) >= 11 is 0. The van der Waals surface area contributed by atoms with Crippen molar-refractivity contribution in [3.8, 4) is 0 Å². The van der Waals surface area contributed by atoms with Crippen molar-refractivity contribution >= 4 is 24.8 Å². The summed E-state index contributed by atoms with van der Waals surface area (Å²) in [5, 5.41) is 9.85. The predicted octanol–water partition coefficient (Wildman–Crippen LogP) is 0.635. The number of halogens is 2.